The monoisotopic (exact) mass is 365 g/mol. The second kappa shape index (κ2) is 8.65. The second-order valence-electron chi connectivity index (χ2n) is 6.30. The third kappa shape index (κ3) is 4.94. The van der Waals surface area contributed by atoms with Gasteiger partial charge in [0.05, 0.1) is 0 Å². The average Bonchev–Trinajstić information content (AvgIpc) is 2.67. The quantitative estimate of drug-likeness (QED) is 0.667. The number of nitrogens with one attached hydrogen (secondary N) is 1. The van der Waals surface area contributed by atoms with Crippen molar-refractivity contribution in [2.24, 2.45) is 0 Å². The van der Waals surface area contributed by atoms with Gasteiger partial charge in [0.25, 0.3) is 5.91 Å². The molecule has 3 aromatic carbocycles. The van der Waals surface area contributed by atoms with Gasteiger partial charge in [0.1, 0.15) is 12.6 Å². The van der Waals surface area contributed by atoms with Crippen LogP contribution >= 0.6 is 11.6 Å². The summed E-state index contributed by atoms with van der Waals surface area (Å²) in [5.41, 5.74) is 3.83. The summed E-state index contributed by atoms with van der Waals surface area (Å²) in [6.07, 6.45) is 0. The number of para-hydroxylation sites is 1. The molecule has 3 aromatic rings. The van der Waals surface area contributed by atoms with Crippen LogP contribution in [0.2, 0.25) is 5.02 Å². The van der Waals surface area contributed by atoms with Crippen LogP contribution in [0.25, 0.3) is 0 Å². The number of quaternary nitrogens is 1. The van der Waals surface area contributed by atoms with Crippen molar-refractivity contribution in [1.29, 1.82) is 0 Å². The van der Waals surface area contributed by atoms with Crippen LogP contribution in [0, 0.1) is 0 Å². The van der Waals surface area contributed by atoms with Gasteiger partial charge < -0.3 is 10.6 Å². The SMILES string of the molecule is C[C@H]([NH2+]Cc1ccc(C(=O)Nc2ccccc2)cc1)c1cccc(Cl)c1. The molecule has 0 aromatic heterocycles. The van der Waals surface area contributed by atoms with Gasteiger partial charge in [0, 0.05) is 27.4 Å². The number of anilines is 1. The number of halogens is 1. The predicted molar refractivity (Wildman–Crippen MR) is 106 cm³/mol. The Bertz CT molecular complexity index is 863. The van der Waals surface area contributed by atoms with Gasteiger partial charge in [-0.25, -0.2) is 0 Å². The minimum atomic E-state index is -0.0981. The number of amides is 1. The molecule has 0 saturated heterocycles. The molecule has 1 atom stereocenters. The van der Waals surface area contributed by atoms with E-state index >= 15 is 0 Å². The average molecular weight is 366 g/mol. The highest BCUT2D eigenvalue weighted by Gasteiger charge is 2.10. The largest absolute Gasteiger partial charge is 0.337 e. The Hall–Kier alpha value is -2.62. The Morgan fingerprint density at radius 3 is 2.42 bits per heavy atom. The van der Waals surface area contributed by atoms with Crippen molar-refractivity contribution < 1.29 is 10.1 Å². The van der Waals surface area contributed by atoms with E-state index in [1.807, 2.05) is 72.8 Å². The second-order valence-corrected chi connectivity index (χ2v) is 6.74. The number of carbonyl (C=O) groups is 1. The van der Waals surface area contributed by atoms with Gasteiger partial charge >= 0.3 is 0 Å². The molecule has 0 bridgehead atoms. The standard InChI is InChI=1S/C22H21ClN2O/c1-16(19-6-5-7-20(23)14-19)24-15-17-10-12-18(13-11-17)22(26)25-21-8-3-2-4-9-21/h2-14,16,24H,15H2,1H3,(H,25,26)/p+1/t16-/m0/s1. The lowest BCUT2D eigenvalue weighted by molar-refractivity contribution is -0.707. The van der Waals surface area contributed by atoms with E-state index in [1.165, 1.54) is 11.1 Å². The molecular formula is C22H22ClN2O+. The summed E-state index contributed by atoms with van der Waals surface area (Å²) in [4.78, 5) is 12.3. The van der Waals surface area contributed by atoms with Crippen LogP contribution in [0.5, 0.6) is 0 Å². The van der Waals surface area contributed by atoms with Crippen molar-refractivity contribution in [1.82, 2.24) is 0 Å². The number of rotatable bonds is 6. The Balaban J connectivity index is 1.56. The molecule has 26 heavy (non-hydrogen) atoms. The van der Waals surface area contributed by atoms with Crippen molar-refractivity contribution in [2.75, 3.05) is 5.32 Å². The lowest BCUT2D eigenvalue weighted by atomic mass is 10.1. The minimum absolute atomic E-state index is 0.0981. The summed E-state index contributed by atoms with van der Waals surface area (Å²) < 4.78 is 0. The van der Waals surface area contributed by atoms with E-state index in [1.54, 1.807) is 0 Å². The van der Waals surface area contributed by atoms with Crippen LogP contribution in [0.1, 0.15) is 34.5 Å². The summed E-state index contributed by atoms with van der Waals surface area (Å²) in [6.45, 7) is 3.00. The summed E-state index contributed by atoms with van der Waals surface area (Å²) in [5.74, 6) is -0.0981. The fourth-order valence-electron chi connectivity index (χ4n) is 2.76. The van der Waals surface area contributed by atoms with E-state index in [0.717, 1.165) is 17.3 Å². The first-order valence-corrected chi connectivity index (χ1v) is 9.04. The zero-order valence-electron chi connectivity index (χ0n) is 14.7. The maximum Gasteiger partial charge on any atom is 0.255 e. The van der Waals surface area contributed by atoms with Crippen LogP contribution in [0.3, 0.4) is 0 Å². The number of hydrogen-bond donors (Lipinski definition) is 2. The zero-order valence-corrected chi connectivity index (χ0v) is 15.4. The zero-order chi connectivity index (χ0) is 18.4. The Labute approximate surface area is 159 Å². The first kappa shape index (κ1) is 18.2. The Kier molecular flexibility index (Phi) is 6.05. The van der Waals surface area contributed by atoms with Crippen LogP contribution in [0.15, 0.2) is 78.9 Å². The fraction of sp³-hybridized carbons (Fsp3) is 0.136. The molecule has 3 nitrogen and oxygen atoms in total. The highest BCUT2D eigenvalue weighted by atomic mass is 35.5. The van der Waals surface area contributed by atoms with Crippen LogP contribution in [-0.4, -0.2) is 5.91 Å². The van der Waals surface area contributed by atoms with Crippen LogP contribution in [0.4, 0.5) is 5.69 Å². The molecule has 0 saturated carbocycles. The molecule has 0 unspecified atom stereocenters. The van der Waals surface area contributed by atoms with Crippen LogP contribution < -0.4 is 10.6 Å². The van der Waals surface area contributed by atoms with Crippen molar-refractivity contribution in [3.8, 4) is 0 Å². The summed E-state index contributed by atoms with van der Waals surface area (Å²) in [6, 6.07) is 25.5. The molecule has 132 valence electrons. The van der Waals surface area contributed by atoms with Crippen molar-refractivity contribution in [2.45, 2.75) is 19.5 Å². The van der Waals surface area contributed by atoms with Gasteiger partial charge in [-0.2, -0.15) is 0 Å². The predicted octanol–water partition coefficient (Wildman–Crippen LogP) is 4.42. The van der Waals surface area contributed by atoms with E-state index in [4.69, 9.17) is 11.6 Å². The highest BCUT2D eigenvalue weighted by Crippen LogP contribution is 2.15. The molecule has 0 fully saturated rings. The van der Waals surface area contributed by atoms with Gasteiger partial charge in [0.15, 0.2) is 0 Å². The van der Waals surface area contributed by atoms with Crippen molar-refractivity contribution >= 4 is 23.2 Å². The fourth-order valence-corrected chi connectivity index (χ4v) is 2.95. The summed E-state index contributed by atoms with van der Waals surface area (Å²) in [7, 11) is 0. The van der Waals surface area contributed by atoms with Crippen molar-refractivity contribution in [3.63, 3.8) is 0 Å². The molecule has 0 aliphatic rings. The lowest BCUT2D eigenvalue weighted by Gasteiger charge is -2.12. The molecule has 0 heterocycles. The van der Waals surface area contributed by atoms with Gasteiger partial charge in [-0.05, 0) is 43.3 Å². The van der Waals surface area contributed by atoms with Gasteiger partial charge in [0.2, 0.25) is 0 Å². The summed E-state index contributed by atoms with van der Waals surface area (Å²) >= 11 is 6.06. The molecule has 0 aliphatic heterocycles. The number of nitrogens with two attached hydrogens (primary N) is 1. The number of carbonyl (C=O) groups excluding carboxylic acids is 1. The molecule has 0 spiro atoms. The third-order valence-corrected chi connectivity index (χ3v) is 4.56. The molecule has 4 heteroatoms. The molecule has 1 amide bonds. The van der Waals surface area contributed by atoms with Crippen molar-refractivity contribution in [3.05, 3.63) is 101 Å². The van der Waals surface area contributed by atoms with Gasteiger partial charge in [-0.1, -0.05) is 54.1 Å². The normalized spacial score (nSPS) is 11.8. The first-order chi connectivity index (χ1) is 12.6. The maximum atomic E-state index is 12.3. The van der Waals surface area contributed by atoms with Gasteiger partial charge in [-0.3, -0.25) is 4.79 Å². The maximum absolute atomic E-state index is 12.3. The van der Waals surface area contributed by atoms with E-state index in [-0.39, 0.29) is 5.91 Å². The Morgan fingerprint density at radius 2 is 1.73 bits per heavy atom. The number of benzene rings is 3. The molecule has 3 N–H and O–H groups in total. The van der Waals surface area contributed by atoms with E-state index in [0.29, 0.717) is 11.6 Å². The third-order valence-electron chi connectivity index (χ3n) is 4.33. The lowest BCUT2D eigenvalue weighted by Crippen LogP contribution is -2.83. The minimum Gasteiger partial charge on any atom is -0.337 e. The highest BCUT2D eigenvalue weighted by molar-refractivity contribution is 6.30. The molecule has 0 aliphatic carbocycles. The molecule has 3 rings (SSSR count). The van der Waals surface area contributed by atoms with E-state index in [9.17, 15) is 4.79 Å². The summed E-state index contributed by atoms with van der Waals surface area (Å²) in [5, 5.41) is 5.91. The van der Waals surface area contributed by atoms with E-state index < -0.39 is 0 Å². The Morgan fingerprint density at radius 1 is 1.00 bits per heavy atom. The molecule has 0 radical (unpaired) electrons. The molecular weight excluding hydrogens is 344 g/mol. The van der Waals surface area contributed by atoms with Crippen LogP contribution in [-0.2, 0) is 6.54 Å². The van der Waals surface area contributed by atoms with E-state index in [2.05, 4.69) is 23.6 Å². The smallest absolute Gasteiger partial charge is 0.255 e. The van der Waals surface area contributed by atoms with Gasteiger partial charge in [-0.15, -0.1) is 0 Å². The topological polar surface area (TPSA) is 45.7 Å². The first-order valence-electron chi connectivity index (χ1n) is 8.66. The number of hydrogen-bond acceptors (Lipinski definition) is 1.